The first-order chi connectivity index (χ1) is 64.4. The number of hydrogen-bond donors (Lipinski definition) is 2. The lowest BCUT2D eigenvalue weighted by atomic mass is 10.1. The highest BCUT2D eigenvalue weighted by atomic mass is 19.1. The third kappa shape index (κ3) is 17.0. The second kappa shape index (κ2) is 37.4. The molecule has 132 heavy (non-hydrogen) atoms. The molecule has 28 nitrogen and oxygen atoms in total. The van der Waals surface area contributed by atoms with Crippen molar-refractivity contribution in [1.29, 1.82) is 21.0 Å². The number of H-pyrrole nitrogens is 2. The van der Waals surface area contributed by atoms with E-state index in [2.05, 4.69) is 42.0 Å². The molecule has 0 radical (unpaired) electrons. The number of aryl methyl sites for hydroxylation is 2. The van der Waals surface area contributed by atoms with Gasteiger partial charge in [0.2, 0.25) is 0 Å². The number of ether oxygens (including phenoxy) is 8. The summed E-state index contributed by atoms with van der Waals surface area (Å²) in [6.07, 6.45) is 6.40. The van der Waals surface area contributed by atoms with E-state index in [1.54, 1.807) is 147 Å². The molecule has 0 aliphatic carbocycles. The Morgan fingerprint density at radius 3 is 0.939 bits per heavy atom. The summed E-state index contributed by atoms with van der Waals surface area (Å²) in [4.78, 5) is 75.5. The first-order valence-electron chi connectivity index (χ1n) is 40.9. The minimum atomic E-state index is -0.684. The molecule has 2 N–H and O–H groups in total. The molecule has 30 heteroatoms. The van der Waals surface area contributed by atoms with Crippen LogP contribution < -0.4 is 60.7 Å². The number of benzene rings is 12. The number of nitrogens with zero attached hydrogens (tertiary/aromatic N) is 14. The van der Waals surface area contributed by atoms with Crippen LogP contribution in [-0.4, -0.2) is 85.7 Å². The molecule has 20 rings (SSSR count). The van der Waals surface area contributed by atoms with E-state index in [0.29, 0.717) is 172 Å². The third-order valence-corrected chi connectivity index (χ3v) is 22.0. The maximum absolute atomic E-state index is 15.0. The molecule has 0 amide bonds. The van der Waals surface area contributed by atoms with Crippen LogP contribution >= 0.6 is 0 Å². The van der Waals surface area contributed by atoms with Crippen molar-refractivity contribution in [1.82, 2.24) is 57.3 Å². The van der Waals surface area contributed by atoms with Crippen molar-refractivity contribution in [3.8, 4) is 93.0 Å². The maximum atomic E-state index is 15.0. The van der Waals surface area contributed by atoms with Gasteiger partial charge in [-0.1, -0.05) is 121 Å². The molecule has 0 saturated heterocycles. The van der Waals surface area contributed by atoms with E-state index in [1.807, 2.05) is 152 Å². The summed E-state index contributed by atoms with van der Waals surface area (Å²) >= 11 is 0. The van der Waals surface area contributed by atoms with Crippen molar-refractivity contribution >= 4 is 87.7 Å². The van der Waals surface area contributed by atoms with Gasteiger partial charge in [-0.05, 0) is 131 Å². The Bertz CT molecular complexity index is 8300. The zero-order valence-corrected chi connectivity index (χ0v) is 71.3. The fourth-order valence-corrected chi connectivity index (χ4v) is 15.4. The Hall–Kier alpha value is -18.4. The minimum Gasteiger partial charge on any atom is -0.493 e. The zero-order valence-electron chi connectivity index (χ0n) is 71.3. The highest BCUT2D eigenvalue weighted by Crippen LogP contribution is 2.41. The molecule has 8 heterocycles. The molecule has 0 spiro atoms. The van der Waals surface area contributed by atoms with Crippen LogP contribution in [0.3, 0.4) is 0 Å². The molecule has 0 atom stereocenters. The van der Waals surface area contributed by atoms with Gasteiger partial charge in [-0.25, -0.2) is 28.0 Å². The second-order valence-corrected chi connectivity index (χ2v) is 30.0. The van der Waals surface area contributed by atoms with Crippen LogP contribution in [0.5, 0.6) is 46.0 Å². The normalized spacial score (nSPS) is 10.9. The highest BCUT2D eigenvalue weighted by Gasteiger charge is 2.26. The van der Waals surface area contributed by atoms with Crippen LogP contribution in [0, 0.1) is 57.0 Å². The van der Waals surface area contributed by atoms with Crippen LogP contribution in [0.4, 0.5) is 8.78 Å². The average Bonchev–Trinajstić information content (AvgIpc) is 1.57. The molecule has 20 aromatic rings. The molecule has 0 fully saturated rings. The predicted octanol–water partition coefficient (Wildman–Crippen LogP) is 17.6. The number of methoxy groups -OCH3 is 4. The SMILES string of the molecule is COc1cc2ncc3[nH]c(=O)n(-c4ccc(C#N)cc4)c3c2cc1OCc1ccccc1.COc1cc2ncc3[nH]c(=O)n(-c4ccc(C#N)cc4F)c3c2cc1OCc1ccccc1.COc1cc2ncc3c(c2cc1OCc1ccccc1)n(-c1ccc(C#N)cc1)c(=O)n3C.COc1cc2ncc3c(c2cc1OCc1ccccc1)n(-c1ccc(C#N)cc1F)c(=O)n3C. The zero-order chi connectivity index (χ0) is 91.8. The van der Waals surface area contributed by atoms with E-state index in [0.717, 1.165) is 45.2 Å². The summed E-state index contributed by atoms with van der Waals surface area (Å²) < 4.78 is 84.8. The third-order valence-electron chi connectivity index (χ3n) is 22.0. The van der Waals surface area contributed by atoms with E-state index in [-0.39, 0.29) is 33.9 Å². The van der Waals surface area contributed by atoms with Crippen molar-refractivity contribution in [3.63, 3.8) is 0 Å². The molecule has 648 valence electrons. The van der Waals surface area contributed by atoms with Gasteiger partial charge in [0.05, 0.1) is 189 Å². The van der Waals surface area contributed by atoms with Crippen molar-refractivity contribution in [3.05, 3.63) is 378 Å². The number of hydrogen-bond acceptors (Lipinski definition) is 20. The standard InChI is InChI=1S/C26H19FN4O3.C26H20N4O3.C25H17FN4O3.C25H18N4O3/c1-30-22-14-29-20-12-23(33-2)24(34-15-16-6-4-3-5-7-16)11-18(20)25(22)31(26(30)32)21-9-8-17(13-28)10-19(21)27;1-29-22-15-28-21-13-23(32-2)24(33-16-18-6-4-3-5-7-18)12-20(21)25(22)30(26(29)31)19-10-8-17(14-27)9-11-19;1-32-22-11-19-17(10-23(22)33-14-15-5-3-2-4-6-15)24-20(13-28-19)29-25(31)30(24)21-8-7-16(12-27)9-18(21)26;1-31-22-12-20-19(11-23(22)32-15-17-5-3-2-4-6-17)24-21(14-27-20)28-25(30)29(24)18-9-7-16(13-26)8-10-18/h3-12,14H,15H2,1-2H3;3-13,15H,16H2,1-2H3;2-11,13H,14H2,1H3,(H,29,31);2-12,14H,15H2,1H3,(H,28,30). The lowest BCUT2D eigenvalue weighted by molar-refractivity contribution is 0.285. The Balaban J connectivity index is 0.000000123. The molecule has 0 aliphatic heterocycles. The summed E-state index contributed by atoms with van der Waals surface area (Å²) in [6.45, 7) is 1.39. The Labute approximate surface area is 748 Å². The number of pyridine rings is 4. The average molecular weight is 1750 g/mol. The quantitative estimate of drug-likeness (QED) is 0.0715. The van der Waals surface area contributed by atoms with Gasteiger partial charge in [0.1, 0.15) is 38.1 Å². The predicted molar refractivity (Wildman–Crippen MR) is 494 cm³/mol. The molecule has 12 aromatic carbocycles. The van der Waals surface area contributed by atoms with Crippen LogP contribution in [0.25, 0.3) is 110 Å². The van der Waals surface area contributed by atoms with E-state index in [9.17, 15) is 28.0 Å². The monoisotopic (exact) mass is 1750 g/mol. The van der Waals surface area contributed by atoms with E-state index in [4.69, 9.17) is 58.9 Å². The smallest absolute Gasteiger partial charge is 0.333 e. The van der Waals surface area contributed by atoms with Gasteiger partial charge in [0.15, 0.2) is 46.0 Å². The summed E-state index contributed by atoms with van der Waals surface area (Å²) in [5.41, 5.74) is 12.4. The van der Waals surface area contributed by atoms with Gasteiger partial charge in [0.25, 0.3) is 0 Å². The minimum absolute atomic E-state index is 0.0281. The van der Waals surface area contributed by atoms with E-state index in [1.165, 1.54) is 51.3 Å². The van der Waals surface area contributed by atoms with E-state index >= 15 is 0 Å². The largest absolute Gasteiger partial charge is 0.493 e. The Morgan fingerprint density at radius 2 is 0.606 bits per heavy atom. The molecule has 8 aromatic heterocycles. The maximum Gasteiger partial charge on any atom is 0.333 e. The summed E-state index contributed by atoms with van der Waals surface area (Å²) in [7, 11) is 9.57. The van der Waals surface area contributed by atoms with Gasteiger partial charge in [-0.2, -0.15) is 21.0 Å². The number of aromatic nitrogens is 12. The van der Waals surface area contributed by atoms with Crippen LogP contribution in [0.2, 0.25) is 0 Å². The molecule has 0 saturated carbocycles. The lowest BCUT2D eigenvalue weighted by Gasteiger charge is -2.13. The number of nitrogens with one attached hydrogen (secondary N) is 2. The van der Waals surface area contributed by atoms with Crippen molar-refractivity contribution in [2.45, 2.75) is 26.4 Å². The van der Waals surface area contributed by atoms with Crippen molar-refractivity contribution in [2.24, 2.45) is 14.1 Å². The fourth-order valence-electron chi connectivity index (χ4n) is 15.4. The summed E-state index contributed by atoms with van der Waals surface area (Å²) in [6, 6.07) is 83.1. The number of aromatic amines is 2. The number of nitriles is 4. The summed E-state index contributed by atoms with van der Waals surface area (Å²) in [5, 5.41) is 39.0. The number of halogens is 2. The van der Waals surface area contributed by atoms with Crippen LogP contribution in [0.1, 0.15) is 44.5 Å². The molecular formula is C102H74F2N16O12. The van der Waals surface area contributed by atoms with Crippen molar-refractivity contribution in [2.75, 3.05) is 28.4 Å². The fraction of sp³-hybridized carbons (Fsp3) is 0.0980. The molecule has 0 bridgehead atoms. The lowest BCUT2D eigenvalue weighted by Crippen LogP contribution is -2.21. The van der Waals surface area contributed by atoms with Crippen LogP contribution in [0.15, 0.2) is 299 Å². The van der Waals surface area contributed by atoms with Gasteiger partial charge < -0.3 is 47.9 Å². The molecule has 0 aliphatic rings. The Morgan fingerprint density at radius 1 is 0.318 bits per heavy atom. The highest BCUT2D eigenvalue weighted by molar-refractivity contribution is 6.07. The van der Waals surface area contributed by atoms with Crippen LogP contribution in [-0.2, 0) is 40.5 Å². The molecular weight excluding hydrogens is 1680 g/mol. The first kappa shape index (κ1) is 85.7. The molecule has 0 unspecified atom stereocenters. The van der Waals surface area contributed by atoms with Crippen molar-refractivity contribution < 1.29 is 46.7 Å². The Kier molecular flexibility index (Phi) is 24.3. The van der Waals surface area contributed by atoms with Gasteiger partial charge in [-0.15, -0.1) is 0 Å². The van der Waals surface area contributed by atoms with E-state index < -0.39 is 23.0 Å². The summed E-state index contributed by atoms with van der Waals surface area (Å²) in [5.74, 6) is 2.79. The van der Waals surface area contributed by atoms with Gasteiger partial charge >= 0.3 is 22.8 Å². The second-order valence-electron chi connectivity index (χ2n) is 30.0. The number of imidazole rings is 4. The van der Waals surface area contributed by atoms with Gasteiger partial charge in [-0.3, -0.25) is 47.3 Å². The first-order valence-corrected chi connectivity index (χ1v) is 40.9. The van der Waals surface area contributed by atoms with Gasteiger partial charge in [0, 0.05) is 59.9 Å². The number of fused-ring (bicyclic) bond motifs is 12. The topological polar surface area (TPSA) is 350 Å². The number of rotatable bonds is 20.